The van der Waals surface area contributed by atoms with Crippen molar-refractivity contribution in [2.24, 2.45) is 5.41 Å². The Bertz CT molecular complexity index is 785. The second-order valence-corrected chi connectivity index (χ2v) is 7.17. The van der Waals surface area contributed by atoms with Gasteiger partial charge < -0.3 is 10.6 Å². The number of carbonyl (C=O) groups excluding carboxylic acids is 2. The van der Waals surface area contributed by atoms with Crippen molar-refractivity contribution in [2.45, 2.75) is 27.7 Å². The van der Waals surface area contributed by atoms with Gasteiger partial charge in [0.05, 0.1) is 5.69 Å². The molecule has 24 heavy (non-hydrogen) atoms. The summed E-state index contributed by atoms with van der Waals surface area (Å²) in [5.74, 6) is -0.717. The molecule has 2 amide bonds. The number of rotatable bonds is 4. The molecule has 0 spiro atoms. The van der Waals surface area contributed by atoms with Gasteiger partial charge in [0.1, 0.15) is 5.41 Å². The summed E-state index contributed by atoms with van der Waals surface area (Å²) in [6, 6.07) is 13.0. The van der Waals surface area contributed by atoms with E-state index in [0.717, 1.165) is 15.6 Å². The van der Waals surface area contributed by atoms with Gasteiger partial charge >= 0.3 is 0 Å². The first kappa shape index (κ1) is 18.2. The van der Waals surface area contributed by atoms with Crippen molar-refractivity contribution in [2.75, 3.05) is 10.6 Å². The Kier molecular flexibility index (Phi) is 5.44. The van der Waals surface area contributed by atoms with Crippen LogP contribution in [0.5, 0.6) is 0 Å². The minimum atomic E-state index is -1.21. The fourth-order valence-corrected chi connectivity index (χ4v) is 2.43. The lowest BCUT2D eigenvalue weighted by atomic mass is 9.90. The molecule has 4 nitrogen and oxygen atoms in total. The Morgan fingerprint density at radius 1 is 0.917 bits per heavy atom. The van der Waals surface area contributed by atoms with Crippen molar-refractivity contribution in [3.8, 4) is 0 Å². The normalized spacial score (nSPS) is 11.0. The van der Waals surface area contributed by atoms with E-state index in [9.17, 15) is 9.59 Å². The van der Waals surface area contributed by atoms with Gasteiger partial charge in [-0.1, -0.05) is 18.2 Å². The van der Waals surface area contributed by atoms with Gasteiger partial charge in [0, 0.05) is 10.2 Å². The largest absolute Gasteiger partial charge is 0.325 e. The smallest absolute Gasteiger partial charge is 0.239 e. The zero-order chi connectivity index (χ0) is 17.9. The van der Waals surface area contributed by atoms with E-state index in [1.165, 1.54) is 0 Å². The van der Waals surface area contributed by atoms with E-state index in [2.05, 4.69) is 26.6 Å². The van der Waals surface area contributed by atoms with Crippen molar-refractivity contribution in [1.29, 1.82) is 0 Å². The van der Waals surface area contributed by atoms with E-state index < -0.39 is 5.41 Å². The predicted octanol–water partition coefficient (Wildman–Crippen LogP) is 4.67. The molecule has 5 heteroatoms. The Labute approximate surface area is 150 Å². The fraction of sp³-hybridized carbons (Fsp3) is 0.263. The van der Waals surface area contributed by atoms with E-state index in [4.69, 9.17) is 0 Å². The zero-order valence-corrected chi connectivity index (χ0v) is 15.8. The van der Waals surface area contributed by atoms with Crippen molar-refractivity contribution in [3.63, 3.8) is 0 Å². The molecule has 0 unspecified atom stereocenters. The van der Waals surface area contributed by atoms with Gasteiger partial charge in [-0.25, -0.2) is 0 Å². The van der Waals surface area contributed by atoms with Crippen LogP contribution < -0.4 is 10.6 Å². The number of halogens is 1. The molecule has 2 aromatic carbocycles. The molecule has 0 saturated carbocycles. The SMILES string of the molecule is Cc1ccc(NC(=O)C(C)(C)C(=O)Nc2ccccc2Br)cc1C. The molecule has 2 N–H and O–H groups in total. The summed E-state index contributed by atoms with van der Waals surface area (Å²) in [4.78, 5) is 25.1. The number of benzene rings is 2. The molecule has 0 heterocycles. The lowest BCUT2D eigenvalue weighted by Gasteiger charge is -2.23. The molecule has 0 aliphatic rings. The maximum Gasteiger partial charge on any atom is 0.239 e. The summed E-state index contributed by atoms with van der Waals surface area (Å²) in [5, 5.41) is 5.61. The molecule has 0 bridgehead atoms. The van der Waals surface area contributed by atoms with Gasteiger partial charge in [0.15, 0.2) is 0 Å². The summed E-state index contributed by atoms with van der Waals surface area (Å²) < 4.78 is 0.767. The van der Waals surface area contributed by atoms with E-state index in [-0.39, 0.29) is 11.8 Å². The topological polar surface area (TPSA) is 58.2 Å². The Morgan fingerprint density at radius 2 is 1.54 bits per heavy atom. The molecule has 2 aromatic rings. The quantitative estimate of drug-likeness (QED) is 0.747. The highest BCUT2D eigenvalue weighted by atomic mass is 79.9. The van der Waals surface area contributed by atoms with Crippen LogP contribution in [-0.4, -0.2) is 11.8 Å². The first-order chi connectivity index (χ1) is 11.2. The van der Waals surface area contributed by atoms with Crippen molar-refractivity contribution in [3.05, 3.63) is 58.1 Å². The Balaban J connectivity index is 2.13. The molecule has 0 aliphatic carbocycles. The van der Waals surface area contributed by atoms with E-state index in [0.29, 0.717) is 11.4 Å². The van der Waals surface area contributed by atoms with Gasteiger partial charge in [-0.05, 0) is 79.0 Å². The lowest BCUT2D eigenvalue weighted by Crippen LogP contribution is -2.41. The zero-order valence-electron chi connectivity index (χ0n) is 14.2. The average molecular weight is 389 g/mol. The van der Waals surface area contributed by atoms with Gasteiger partial charge in [-0.2, -0.15) is 0 Å². The van der Waals surface area contributed by atoms with Gasteiger partial charge in [0.25, 0.3) is 0 Å². The van der Waals surface area contributed by atoms with Gasteiger partial charge in [-0.15, -0.1) is 0 Å². The number of anilines is 2. The van der Waals surface area contributed by atoms with Crippen LogP contribution >= 0.6 is 15.9 Å². The van der Waals surface area contributed by atoms with Crippen LogP contribution in [0.15, 0.2) is 46.9 Å². The summed E-state index contributed by atoms with van der Waals surface area (Å²) in [6.07, 6.45) is 0. The number of nitrogens with one attached hydrogen (secondary N) is 2. The van der Waals surface area contributed by atoms with Crippen LogP contribution in [-0.2, 0) is 9.59 Å². The molecular formula is C19H21BrN2O2. The van der Waals surface area contributed by atoms with E-state index in [1.54, 1.807) is 19.9 Å². The molecule has 0 fully saturated rings. The summed E-state index contributed by atoms with van der Waals surface area (Å²) in [7, 11) is 0. The van der Waals surface area contributed by atoms with E-state index >= 15 is 0 Å². The number of hydrogen-bond acceptors (Lipinski definition) is 2. The Hall–Kier alpha value is -2.14. The van der Waals surface area contributed by atoms with Gasteiger partial charge in [0.2, 0.25) is 11.8 Å². The second kappa shape index (κ2) is 7.18. The highest BCUT2D eigenvalue weighted by Crippen LogP contribution is 2.26. The fourth-order valence-electron chi connectivity index (χ4n) is 2.05. The molecule has 0 saturated heterocycles. The van der Waals surface area contributed by atoms with Crippen LogP contribution in [0.3, 0.4) is 0 Å². The third-order valence-electron chi connectivity index (χ3n) is 4.02. The van der Waals surface area contributed by atoms with Gasteiger partial charge in [-0.3, -0.25) is 9.59 Å². The minimum Gasteiger partial charge on any atom is -0.325 e. The van der Waals surface area contributed by atoms with Crippen molar-refractivity contribution in [1.82, 2.24) is 0 Å². The number of hydrogen-bond donors (Lipinski definition) is 2. The molecule has 0 radical (unpaired) electrons. The average Bonchev–Trinajstić information content (AvgIpc) is 2.53. The summed E-state index contributed by atoms with van der Waals surface area (Å²) >= 11 is 3.38. The summed E-state index contributed by atoms with van der Waals surface area (Å²) in [5.41, 5.74) is 2.34. The van der Waals surface area contributed by atoms with Crippen LogP contribution in [0.25, 0.3) is 0 Å². The molecule has 126 valence electrons. The highest BCUT2D eigenvalue weighted by Gasteiger charge is 2.36. The third kappa shape index (κ3) is 4.03. The van der Waals surface area contributed by atoms with Crippen LogP contribution in [0.4, 0.5) is 11.4 Å². The van der Waals surface area contributed by atoms with Crippen LogP contribution in [0, 0.1) is 19.3 Å². The second-order valence-electron chi connectivity index (χ2n) is 6.31. The predicted molar refractivity (Wildman–Crippen MR) is 101 cm³/mol. The third-order valence-corrected chi connectivity index (χ3v) is 4.71. The molecule has 2 rings (SSSR count). The van der Waals surface area contributed by atoms with Crippen molar-refractivity contribution >= 4 is 39.1 Å². The first-order valence-electron chi connectivity index (χ1n) is 7.66. The molecule has 0 aliphatic heterocycles. The standard InChI is InChI=1S/C19H21BrN2O2/c1-12-9-10-14(11-13(12)2)21-17(23)19(3,4)18(24)22-16-8-6-5-7-15(16)20/h5-11H,1-4H3,(H,21,23)(H,22,24). The summed E-state index contributed by atoms with van der Waals surface area (Å²) in [6.45, 7) is 7.21. The number of aryl methyl sites for hydroxylation is 2. The molecular weight excluding hydrogens is 368 g/mol. The maximum absolute atomic E-state index is 12.6. The number of amides is 2. The minimum absolute atomic E-state index is 0.352. The van der Waals surface area contributed by atoms with Crippen LogP contribution in [0.1, 0.15) is 25.0 Å². The molecule has 0 aromatic heterocycles. The van der Waals surface area contributed by atoms with Crippen molar-refractivity contribution < 1.29 is 9.59 Å². The van der Waals surface area contributed by atoms with Crippen LogP contribution in [0.2, 0.25) is 0 Å². The maximum atomic E-state index is 12.6. The molecule has 0 atom stereocenters. The monoisotopic (exact) mass is 388 g/mol. The number of carbonyl (C=O) groups is 2. The first-order valence-corrected chi connectivity index (χ1v) is 8.46. The highest BCUT2D eigenvalue weighted by molar-refractivity contribution is 9.10. The van der Waals surface area contributed by atoms with E-state index in [1.807, 2.05) is 50.2 Å². The lowest BCUT2D eigenvalue weighted by molar-refractivity contribution is -0.135. The Morgan fingerprint density at radius 3 is 2.17 bits per heavy atom. The number of para-hydroxylation sites is 1.